The zero-order chi connectivity index (χ0) is 44.4. The van der Waals surface area contributed by atoms with E-state index in [4.69, 9.17) is 23.9 Å². The summed E-state index contributed by atoms with van der Waals surface area (Å²) in [6.07, 6.45) is 3.73. The van der Waals surface area contributed by atoms with Gasteiger partial charge in [0, 0.05) is 63.9 Å². The monoisotopic (exact) mass is 852 g/mol. The van der Waals surface area contributed by atoms with Gasteiger partial charge >= 0.3 is 12.1 Å². The Morgan fingerprint density at radius 3 is 2.30 bits per heavy atom. The van der Waals surface area contributed by atoms with Crippen LogP contribution in [-0.2, 0) is 36.7 Å². The molecule has 1 aliphatic heterocycles. The van der Waals surface area contributed by atoms with Crippen LogP contribution in [0.25, 0.3) is 11.3 Å². The summed E-state index contributed by atoms with van der Waals surface area (Å²) in [5, 5.41) is 3.48. The van der Waals surface area contributed by atoms with Crippen LogP contribution in [0.4, 0.5) is 22.2 Å². The molecule has 3 heterocycles. The number of hydrogen-bond donors (Lipinski definition) is 1. The number of nitrogens with zero attached hydrogens (tertiary/aromatic N) is 7. The summed E-state index contributed by atoms with van der Waals surface area (Å²) < 4.78 is 17.7. The van der Waals surface area contributed by atoms with Crippen molar-refractivity contribution >= 4 is 43.7 Å². The van der Waals surface area contributed by atoms with Gasteiger partial charge in [-0.2, -0.15) is 0 Å². The van der Waals surface area contributed by atoms with Crippen molar-refractivity contribution < 1.29 is 28.3 Å². The Hall–Kier alpha value is -5.38. The van der Waals surface area contributed by atoms with E-state index in [2.05, 4.69) is 56.3 Å². The average molecular weight is 853 g/mol. The Labute approximate surface area is 362 Å². The van der Waals surface area contributed by atoms with E-state index in [1.807, 2.05) is 72.6 Å². The van der Waals surface area contributed by atoms with E-state index < -0.39 is 32.0 Å². The first-order valence-electron chi connectivity index (χ1n) is 20.9. The molecule has 0 aliphatic carbocycles. The van der Waals surface area contributed by atoms with Crippen molar-refractivity contribution in [3.8, 4) is 11.3 Å². The molecule has 1 atom stereocenters. The molecule has 1 unspecified atom stereocenters. The van der Waals surface area contributed by atoms with Crippen molar-refractivity contribution in [1.29, 1.82) is 0 Å². The minimum Gasteiger partial charge on any atom is -0.460 e. The van der Waals surface area contributed by atoms with Crippen LogP contribution >= 0.6 is 0 Å². The Morgan fingerprint density at radius 1 is 0.869 bits per heavy atom. The molecule has 1 N–H and O–H groups in total. The molecule has 0 bridgehead atoms. The van der Waals surface area contributed by atoms with Crippen molar-refractivity contribution in [2.45, 2.75) is 91.0 Å². The molecule has 0 spiro atoms. The highest BCUT2D eigenvalue weighted by Gasteiger charge is 2.39. The minimum absolute atomic E-state index is 0.0155. The summed E-state index contributed by atoms with van der Waals surface area (Å²) >= 11 is 0. The number of benzene rings is 2. The third-order valence-electron chi connectivity index (χ3n) is 11.1. The van der Waals surface area contributed by atoms with Crippen molar-refractivity contribution in [1.82, 2.24) is 29.7 Å². The van der Waals surface area contributed by atoms with Gasteiger partial charge in [0.1, 0.15) is 24.1 Å². The number of esters is 1. The smallest absolute Gasteiger partial charge is 0.410 e. The fourth-order valence-corrected chi connectivity index (χ4v) is 7.28. The van der Waals surface area contributed by atoms with Crippen LogP contribution in [0.2, 0.25) is 18.1 Å². The molecule has 15 heteroatoms. The molecule has 328 valence electrons. The number of nitrogens with one attached hydrogen (secondary N) is 1. The highest BCUT2D eigenvalue weighted by atomic mass is 28.4. The van der Waals surface area contributed by atoms with E-state index in [-0.39, 0.29) is 30.6 Å². The standard InChI is InChI=1S/C46H64N8O6Si/c1-45(2,3)60-44(57)54-27-26-53(39(30-54)42(56)58-32-34-16-12-11-13-17-34)31-41(55)52(8)25-15-24-51(7)40-21-20-36(29-48-40)38-22-23-47-43(50-38)49-37-19-14-18-35(28-37)33-59-61(9,10)46(4,5)6/h11-14,16-23,28-29,39H,15,24-27,30-33H2,1-10H3,(H,47,49,50). The van der Waals surface area contributed by atoms with E-state index in [1.54, 1.807) is 50.0 Å². The average Bonchev–Trinajstić information content (AvgIpc) is 3.21. The first-order valence-corrected chi connectivity index (χ1v) is 23.9. The van der Waals surface area contributed by atoms with Crippen LogP contribution in [-0.4, -0.2) is 121 Å². The third-order valence-corrected chi connectivity index (χ3v) is 15.5. The molecule has 0 saturated carbocycles. The number of anilines is 3. The van der Waals surface area contributed by atoms with Gasteiger partial charge in [-0.05, 0) is 86.8 Å². The van der Waals surface area contributed by atoms with Gasteiger partial charge in [-0.25, -0.2) is 19.7 Å². The van der Waals surface area contributed by atoms with Crippen LogP contribution < -0.4 is 10.2 Å². The lowest BCUT2D eigenvalue weighted by atomic mass is 10.1. The van der Waals surface area contributed by atoms with Gasteiger partial charge in [0.2, 0.25) is 11.9 Å². The van der Waals surface area contributed by atoms with Crippen molar-refractivity contribution in [3.63, 3.8) is 0 Å². The summed E-state index contributed by atoms with van der Waals surface area (Å²) in [4.78, 5) is 60.8. The van der Waals surface area contributed by atoms with Gasteiger partial charge in [0.25, 0.3) is 0 Å². The molecule has 2 aromatic carbocycles. The molecule has 5 rings (SSSR count). The molecule has 1 fully saturated rings. The summed E-state index contributed by atoms with van der Waals surface area (Å²) in [7, 11) is 1.86. The number of likely N-dealkylation sites (N-methyl/N-ethyl adjacent to an activating group) is 1. The van der Waals surface area contributed by atoms with E-state index in [0.29, 0.717) is 45.2 Å². The van der Waals surface area contributed by atoms with Gasteiger partial charge in [0.15, 0.2) is 8.32 Å². The maximum atomic E-state index is 13.5. The first kappa shape index (κ1) is 46.7. The fourth-order valence-electron chi connectivity index (χ4n) is 6.32. The predicted octanol–water partition coefficient (Wildman–Crippen LogP) is 7.75. The van der Waals surface area contributed by atoms with E-state index in [0.717, 1.165) is 33.9 Å². The SMILES string of the molecule is CN(CCCN(C)c1ccc(-c2ccnc(Nc3cccc(CO[Si](C)(C)C(C)(C)C)c3)n2)cn1)C(=O)CN1CCN(C(=O)OC(C)(C)C)CC1C(=O)OCc1ccccc1. The number of amides is 2. The Bertz CT molecular complexity index is 2070. The number of hydrogen-bond acceptors (Lipinski definition) is 12. The number of rotatable bonds is 16. The van der Waals surface area contributed by atoms with Crippen molar-refractivity contribution in [2.75, 3.05) is 63.6 Å². The second-order valence-electron chi connectivity index (χ2n) is 18.1. The van der Waals surface area contributed by atoms with Crippen molar-refractivity contribution in [2.24, 2.45) is 0 Å². The Kier molecular flexibility index (Phi) is 15.7. The number of aromatic nitrogens is 3. The zero-order valence-electron chi connectivity index (χ0n) is 37.6. The first-order chi connectivity index (χ1) is 28.8. The highest BCUT2D eigenvalue weighted by Crippen LogP contribution is 2.37. The topological polar surface area (TPSA) is 143 Å². The number of carbonyl (C=O) groups is 3. The minimum atomic E-state index is -1.87. The largest absolute Gasteiger partial charge is 0.460 e. The molecule has 0 radical (unpaired) electrons. The van der Waals surface area contributed by atoms with Crippen LogP contribution in [0, 0.1) is 0 Å². The van der Waals surface area contributed by atoms with Gasteiger partial charge in [-0.15, -0.1) is 0 Å². The van der Waals surface area contributed by atoms with Crippen LogP contribution in [0.1, 0.15) is 59.1 Å². The van der Waals surface area contributed by atoms with Gasteiger partial charge < -0.3 is 33.9 Å². The summed E-state index contributed by atoms with van der Waals surface area (Å²) in [6.45, 7) is 19.2. The van der Waals surface area contributed by atoms with Gasteiger partial charge in [0.05, 0.1) is 25.4 Å². The third kappa shape index (κ3) is 13.8. The van der Waals surface area contributed by atoms with Crippen LogP contribution in [0.3, 0.4) is 0 Å². The van der Waals surface area contributed by atoms with Crippen LogP contribution in [0.15, 0.2) is 85.2 Å². The summed E-state index contributed by atoms with van der Waals surface area (Å²) in [6, 6.07) is 22.5. The Balaban J connectivity index is 1.11. The summed E-state index contributed by atoms with van der Waals surface area (Å²) in [5.74, 6) is 0.663. The highest BCUT2D eigenvalue weighted by molar-refractivity contribution is 6.74. The molecule has 1 saturated heterocycles. The quantitative estimate of drug-likeness (QED) is 0.0870. The predicted molar refractivity (Wildman–Crippen MR) is 242 cm³/mol. The summed E-state index contributed by atoms with van der Waals surface area (Å²) in [5.41, 5.74) is 3.75. The van der Waals surface area contributed by atoms with E-state index in [1.165, 1.54) is 4.90 Å². The lowest BCUT2D eigenvalue weighted by Crippen LogP contribution is -2.60. The lowest BCUT2D eigenvalue weighted by Gasteiger charge is -2.40. The fraction of sp³-hybridized carbons (Fsp3) is 0.478. The zero-order valence-corrected chi connectivity index (χ0v) is 38.6. The Morgan fingerprint density at radius 2 is 1.61 bits per heavy atom. The van der Waals surface area contributed by atoms with Gasteiger partial charge in [-0.1, -0.05) is 63.2 Å². The molecule has 2 aromatic heterocycles. The number of ether oxygens (including phenoxy) is 2. The number of pyridine rings is 1. The number of carbonyl (C=O) groups excluding carboxylic acids is 3. The number of piperazine rings is 1. The molecule has 14 nitrogen and oxygen atoms in total. The molecular formula is C46H64N8O6Si. The van der Waals surface area contributed by atoms with E-state index >= 15 is 0 Å². The van der Waals surface area contributed by atoms with Crippen molar-refractivity contribution in [3.05, 3.63) is 96.3 Å². The second-order valence-corrected chi connectivity index (χ2v) is 23.0. The maximum absolute atomic E-state index is 13.5. The lowest BCUT2D eigenvalue weighted by molar-refractivity contribution is -0.154. The molecule has 61 heavy (non-hydrogen) atoms. The molecule has 4 aromatic rings. The van der Waals surface area contributed by atoms with Gasteiger partial charge in [-0.3, -0.25) is 14.5 Å². The molecule has 2 amide bonds. The normalized spacial score (nSPS) is 14.9. The van der Waals surface area contributed by atoms with E-state index in [9.17, 15) is 14.4 Å². The molecular weight excluding hydrogens is 789 g/mol. The molecule has 1 aliphatic rings. The maximum Gasteiger partial charge on any atom is 0.410 e. The second kappa shape index (κ2) is 20.5. The van der Waals surface area contributed by atoms with Crippen LogP contribution in [0.5, 0.6) is 0 Å².